The van der Waals surface area contributed by atoms with Crippen molar-refractivity contribution in [2.45, 2.75) is 39.0 Å². The van der Waals surface area contributed by atoms with Gasteiger partial charge in [-0.05, 0) is 49.4 Å². The van der Waals surface area contributed by atoms with Crippen molar-refractivity contribution in [3.05, 3.63) is 35.7 Å². The lowest BCUT2D eigenvalue weighted by Gasteiger charge is -2.28. The molecular formula is C17H22N4O2. The lowest BCUT2D eigenvalue weighted by Crippen LogP contribution is -2.29. The molecule has 122 valence electrons. The Labute approximate surface area is 135 Å². The van der Waals surface area contributed by atoms with Gasteiger partial charge in [-0.2, -0.15) is 0 Å². The van der Waals surface area contributed by atoms with Gasteiger partial charge in [-0.3, -0.25) is 0 Å². The Morgan fingerprint density at radius 2 is 1.70 bits per heavy atom. The van der Waals surface area contributed by atoms with Gasteiger partial charge >= 0.3 is 5.97 Å². The largest absolute Gasteiger partial charge is 0.476 e. The SMILES string of the molecule is CC(C)c1c(C(=O)O)nnn1-c1ccc(N2CCCCC2)cc1. The number of nitrogens with zero attached hydrogens (tertiary/aromatic N) is 4. The Morgan fingerprint density at radius 1 is 1.09 bits per heavy atom. The summed E-state index contributed by atoms with van der Waals surface area (Å²) >= 11 is 0. The van der Waals surface area contributed by atoms with Crippen LogP contribution in [0.2, 0.25) is 0 Å². The summed E-state index contributed by atoms with van der Waals surface area (Å²) < 4.78 is 1.63. The summed E-state index contributed by atoms with van der Waals surface area (Å²) in [6.45, 7) is 6.10. The Morgan fingerprint density at radius 3 is 2.26 bits per heavy atom. The van der Waals surface area contributed by atoms with Crippen molar-refractivity contribution < 1.29 is 9.90 Å². The molecule has 0 bridgehead atoms. The number of carbonyl (C=O) groups is 1. The molecule has 2 heterocycles. The number of aromatic carboxylic acids is 1. The lowest BCUT2D eigenvalue weighted by molar-refractivity contribution is 0.0688. The molecule has 1 N–H and O–H groups in total. The first-order valence-electron chi connectivity index (χ1n) is 8.12. The molecule has 3 rings (SSSR count). The van der Waals surface area contributed by atoms with Crippen LogP contribution in [0.4, 0.5) is 5.69 Å². The topological polar surface area (TPSA) is 71.2 Å². The van der Waals surface area contributed by atoms with Crippen LogP contribution in [-0.4, -0.2) is 39.2 Å². The number of benzene rings is 1. The predicted octanol–water partition coefficient (Wildman–Crippen LogP) is 3.08. The molecule has 23 heavy (non-hydrogen) atoms. The molecule has 0 spiro atoms. The van der Waals surface area contributed by atoms with Crippen LogP contribution in [0.1, 0.15) is 55.2 Å². The first-order chi connectivity index (χ1) is 11.1. The number of aromatic nitrogens is 3. The fourth-order valence-electron chi connectivity index (χ4n) is 3.11. The Balaban J connectivity index is 1.91. The highest BCUT2D eigenvalue weighted by Gasteiger charge is 2.22. The smallest absolute Gasteiger partial charge is 0.358 e. The number of hydrogen-bond donors (Lipinski definition) is 1. The van der Waals surface area contributed by atoms with Crippen LogP contribution < -0.4 is 4.90 Å². The molecule has 2 aromatic rings. The van der Waals surface area contributed by atoms with Gasteiger partial charge in [0.25, 0.3) is 0 Å². The standard InChI is InChI=1S/C17H22N4O2/c1-12(2)16-15(17(22)23)18-19-21(16)14-8-6-13(7-9-14)20-10-4-3-5-11-20/h6-9,12H,3-5,10-11H2,1-2H3,(H,22,23). The first-order valence-corrected chi connectivity index (χ1v) is 8.12. The van der Waals surface area contributed by atoms with Crippen molar-refractivity contribution in [1.82, 2.24) is 15.0 Å². The van der Waals surface area contributed by atoms with Crippen molar-refractivity contribution in [3.63, 3.8) is 0 Å². The van der Waals surface area contributed by atoms with E-state index in [0.717, 1.165) is 18.8 Å². The van der Waals surface area contributed by atoms with E-state index < -0.39 is 5.97 Å². The molecular weight excluding hydrogens is 292 g/mol. The van der Waals surface area contributed by atoms with E-state index in [1.54, 1.807) is 4.68 Å². The van der Waals surface area contributed by atoms with E-state index in [2.05, 4.69) is 27.3 Å². The molecule has 1 aromatic carbocycles. The highest BCUT2D eigenvalue weighted by atomic mass is 16.4. The summed E-state index contributed by atoms with van der Waals surface area (Å²) in [7, 11) is 0. The molecule has 1 aliphatic rings. The van der Waals surface area contributed by atoms with Crippen LogP contribution >= 0.6 is 0 Å². The summed E-state index contributed by atoms with van der Waals surface area (Å²) in [5.74, 6) is -1.01. The zero-order valence-corrected chi connectivity index (χ0v) is 13.6. The fourth-order valence-corrected chi connectivity index (χ4v) is 3.11. The summed E-state index contributed by atoms with van der Waals surface area (Å²) in [6.07, 6.45) is 3.79. The molecule has 1 fully saturated rings. The van der Waals surface area contributed by atoms with E-state index in [9.17, 15) is 9.90 Å². The van der Waals surface area contributed by atoms with Gasteiger partial charge in [-0.25, -0.2) is 9.48 Å². The van der Waals surface area contributed by atoms with Gasteiger partial charge in [0.05, 0.1) is 11.4 Å². The van der Waals surface area contributed by atoms with Crippen LogP contribution in [0.15, 0.2) is 24.3 Å². The summed E-state index contributed by atoms with van der Waals surface area (Å²) in [4.78, 5) is 13.7. The molecule has 0 atom stereocenters. The van der Waals surface area contributed by atoms with Crippen LogP contribution in [0, 0.1) is 0 Å². The molecule has 0 unspecified atom stereocenters. The zero-order valence-electron chi connectivity index (χ0n) is 13.6. The third-order valence-corrected chi connectivity index (χ3v) is 4.27. The van der Waals surface area contributed by atoms with Crippen molar-refractivity contribution >= 4 is 11.7 Å². The van der Waals surface area contributed by atoms with Gasteiger partial charge < -0.3 is 10.0 Å². The van der Waals surface area contributed by atoms with Crippen LogP contribution in [0.3, 0.4) is 0 Å². The van der Waals surface area contributed by atoms with Crippen LogP contribution in [0.25, 0.3) is 5.69 Å². The summed E-state index contributed by atoms with van der Waals surface area (Å²) in [5.41, 5.74) is 2.70. The number of carboxylic acids is 1. The molecule has 6 nitrogen and oxygen atoms in total. The summed E-state index contributed by atoms with van der Waals surface area (Å²) in [5, 5.41) is 17.1. The van der Waals surface area contributed by atoms with E-state index in [4.69, 9.17) is 0 Å². The second-order valence-corrected chi connectivity index (χ2v) is 6.26. The fraction of sp³-hybridized carbons (Fsp3) is 0.471. The Bertz CT molecular complexity index is 685. The average Bonchev–Trinajstić information content (AvgIpc) is 3.01. The second kappa shape index (κ2) is 6.40. The Kier molecular flexibility index (Phi) is 4.32. The van der Waals surface area contributed by atoms with Crippen molar-refractivity contribution in [2.75, 3.05) is 18.0 Å². The van der Waals surface area contributed by atoms with Crippen molar-refractivity contribution in [1.29, 1.82) is 0 Å². The quantitative estimate of drug-likeness (QED) is 0.939. The minimum atomic E-state index is -1.04. The molecule has 1 aromatic heterocycles. The minimum absolute atomic E-state index is 0.0258. The molecule has 0 radical (unpaired) electrons. The molecule has 6 heteroatoms. The normalized spacial score (nSPS) is 15.2. The molecule has 0 saturated carbocycles. The zero-order chi connectivity index (χ0) is 16.4. The average molecular weight is 314 g/mol. The van der Waals surface area contributed by atoms with E-state index in [-0.39, 0.29) is 11.6 Å². The molecule has 0 amide bonds. The number of piperidine rings is 1. The first kappa shape index (κ1) is 15.5. The van der Waals surface area contributed by atoms with E-state index in [1.165, 1.54) is 24.9 Å². The minimum Gasteiger partial charge on any atom is -0.476 e. The number of anilines is 1. The maximum atomic E-state index is 11.3. The van der Waals surface area contributed by atoms with Crippen LogP contribution in [-0.2, 0) is 0 Å². The van der Waals surface area contributed by atoms with E-state index in [0.29, 0.717) is 5.69 Å². The monoisotopic (exact) mass is 314 g/mol. The second-order valence-electron chi connectivity index (χ2n) is 6.26. The van der Waals surface area contributed by atoms with Crippen molar-refractivity contribution in [2.24, 2.45) is 0 Å². The van der Waals surface area contributed by atoms with E-state index >= 15 is 0 Å². The van der Waals surface area contributed by atoms with Gasteiger partial charge in [0.1, 0.15) is 0 Å². The Hall–Kier alpha value is -2.37. The third-order valence-electron chi connectivity index (χ3n) is 4.27. The number of carboxylic acid groups (broad SMARTS) is 1. The third kappa shape index (κ3) is 3.06. The summed E-state index contributed by atoms with van der Waals surface area (Å²) in [6, 6.07) is 8.12. The lowest BCUT2D eigenvalue weighted by atomic mass is 10.1. The van der Waals surface area contributed by atoms with Gasteiger partial charge in [0.15, 0.2) is 5.69 Å². The van der Waals surface area contributed by atoms with Gasteiger partial charge in [-0.1, -0.05) is 19.1 Å². The molecule has 1 aliphatic heterocycles. The van der Waals surface area contributed by atoms with Gasteiger partial charge in [-0.15, -0.1) is 5.10 Å². The van der Waals surface area contributed by atoms with Crippen LogP contribution in [0.5, 0.6) is 0 Å². The highest BCUT2D eigenvalue weighted by Crippen LogP contribution is 2.24. The maximum absolute atomic E-state index is 11.3. The maximum Gasteiger partial charge on any atom is 0.358 e. The number of hydrogen-bond acceptors (Lipinski definition) is 4. The van der Waals surface area contributed by atoms with Gasteiger partial charge in [0, 0.05) is 18.8 Å². The molecule has 1 saturated heterocycles. The molecule has 0 aliphatic carbocycles. The highest BCUT2D eigenvalue weighted by molar-refractivity contribution is 5.86. The van der Waals surface area contributed by atoms with Crippen molar-refractivity contribution in [3.8, 4) is 5.69 Å². The number of rotatable bonds is 4. The predicted molar refractivity (Wildman–Crippen MR) is 88.5 cm³/mol. The van der Waals surface area contributed by atoms with Gasteiger partial charge in [0.2, 0.25) is 0 Å². The van der Waals surface area contributed by atoms with E-state index in [1.807, 2.05) is 26.0 Å².